The van der Waals surface area contributed by atoms with Crippen LogP contribution in [-0.4, -0.2) is 54.2 Å². The van der Waals surface area contributed by atoms with Crippen LogP contribution in [0.3, 0.4) is 0 Å². The van der Waals surface area contributed by atoms with Gasteiger partial charge in [0.25, 0.3) is 0 Å². The molecule has 168 valence electrons. The third-order valence-electron chi connectivity index (χ3n) is 6.26. The summed E-state index contributed by atoms with van der Waals surface area (Å²) >= 11 is 0. The van der Waals surface area contributed by atoms with E-state index in [9.17, 15) is 5.11 Å². The zero-order chi connectivity index (χ0) is 22.3. The van der Waals surface area contributed by atoms with Crippen molar-refractivity contribution in [1.82, 2.24) is 9.80 Å². The minimum Gasteiger partial charge on any atom is -0.397 e. The Labute approximate surface area is 191 Å². The highest BCUT2D eigenvalue weighted by molar-refractivity contribution is 5.67. The van der Waals surface area contributed by atoms with Crippen molar-refractivity contribution in [2.24, 2.45) is 0 Å². The zero-order valence-corrected chi connectivity index (χ0v) is 18.8. The van der Waals surface area contributed by atoms with Crippen molar-refractivity contribution in [1.29, 1.82) is 0 Å². The maximum atomic E-state index is 10.8. The molecule has 1 saturated heterocycles. The van der Waals surface area contributed by atoms with E-state index >= 15 is 0 Å². The van der Waals surface area contributed by atoms with Crippen molar-refractivity contribution < 1.29 is 5.11 Å². The highest BCUT2D eigenvalue weighted by Gasteiger charge is 2.27. The van der Waals surface area contributed by atoms with Crippen molar-refractivity contribution >= 4 is 11.4 Å². The highest BCUT2D eigenvalue weighted by atomic mass is 16.3. The average molecular weight is 431 g/mol. The molecule has 0 bridgehead atoms. The van der Waals surface area contributed by atoms with E-state index < -0.39 is 6.10 Å². The number of nitrogens with zero attached hydrogens (tertiary/aromatic N) is 2. The van der Waals surface area contributed by atoms with Crippen molar-refractivity contribution in [2.75, 3.05) is 50.3 Å². The van der Waals surface area contributed by atoms with Gasteiger partial charge in [0.05, 0.1) is 23.5 Å². The van der Waals surface area contributed by atoms with Crippen LogP contribution < -0.4 is 11.1 Å². The lowest BCUT2D eigenvalue weighted by atomic mass is 9.96. The molecule has 0 amide bonds. The summed E-state index contributed by atoms with van der Waals surface area (Å²) in [5, 5.41) is 14.1. The number of hydrogen-bond donors (Lipinski definition) is 3. The fourth-order valence-electron chi connectivity index (χ4n) is 4.58. The monoisotopic (exact) mass is 430 g/mol. The van der Waals surface area contributed by atoms with E-state index in [2.05, 4.69) is 75.8 Å². The number of hydrogen-bond acceptors (Lipinski definition) is 5. The van der Waals surface area contributed by atoms with Crippen LogP contribution in [0.4, 0.5) is 11.4 Å². The molecule has 0 aliphatic carbocycles. The lowest BCUT2D eigenvalue weighted by molar-refractivity contribution is 0.0623. The van der Waals surface area contributed by atoms with Gasteiger partial charge in [-0.2, -0.15) is 0 Å². The topological polar surface area (TPSA) is 64.8 Å². The smallest absolute Gasteiger partial charge is 0.0917 e. The Hall–Kier alpha value is -2.86. The van der Waals surface area contributed by atoms with Crippen molar-refractivity contribution in [2.45, 2.75) is 19.1 Å². The molecule has 0 aromatic heterocycles. The molecule has 0 radical (unpaired) electrons. The quantitative estimate of drug-likeness (QED) is 0.469. The van der Waals surface area contributed by atoms with Gasteiger partial charge in [-0.25, -0.2) is 0 Å². The Morgan fingerprint density at radius 3 is 1.97 bits per heavy atom. The standard InChI is InChI=1S/C27H34N4O/c1-2-29-25-14-13-23(19-24(25)28)26(32)20-30-15-17-31(18-16-30)27(21-9-5-3-6-10-21)22-11-7-4-8-12-22/h3-14,19,26-27,29,32H,2,15-18,20,28H2,1H3. The molecule has 1 atom stereocenters. The third kappa shape index (κ3) is 5.30. The average Bonchev–Trinajstić information content (AvgIpc) is 2.83. The number of β-amino-alcohol motifs (C(OH)–C–C–N with tert-alkyl or cyclic N) is 1. The number of nitrogens with one attached hydrogen (secondary N) is 1. The van der Waals surface area contributed by atoms with Gasteiger partial charge in [-0.15, -0.1) is 0 Å². The van der Waals surface area contributed by atoms with E-state index in [1.807, 2.05) is 25.1 Å². The van der Waals surface area contributed by atoms with Crippen LogP contribution in [0.5, 0.6) is 0 Å². The van der Waals surface area contributed by atoms with E-state index in [-0.39, 0.29) is 6.04 Å². The summed E-state index contributed by atoms with van der Waals surface area (Å²) < 4.78 is 0. The van der Waals surface area contributed by atoms with Gasteiger partial charge in [0.1, 0.15) is 0 Å². The second kappa shape index (κ2) is 10.6. The number of nitrogens with two attached hydrogens (primary N) is 1. The first-order chi connectivity index (χ1) is 15.7. The second-order valence-electron chi connectivity index (χ2n) is 8.45. The fraction of sp³-hybridized carbons (Fsp3) is 0.333. The summed E-state index contributed by atoms with van der Waals surface area (Å²) in [5.41, 5.74) is 11.3. The maximum absolute atomic E-state index is 10.8. The molecule has 4 rings (SSSR count). The van der Waals surface area contributed by atoms with Crippen molar-refractivity contribution in [3.05, 3.63) is 95.6 Å². The Morgan fingerprint density at radius 1 is 0.844 bits per heavy atom. The Bertz CT molecular complexity index is 932. The van der Waals surface area contributed by atoms with E-state index in [1.165, 1.54) is 11.1 Å². The van der Waals surface area contributed by atoms with Gasteiger partial charge in [-0.05, 0) is 35.7 Å². The SMILES string of the molecule is CCNc1ccc(C(O)CN2CCN(C(c3ccccc3)c3ccccc3)CC2)cc1N. The lowest BCUT2D eigenvalue weighted by Gasteiger charge is -2.40. The van der Waals surface area contributed by atoms with Crippen LogP contribution in [0.1, 0.15) is 35.8 Å². The number of aliphatic hydroxyl groups excluding tert-OH is 1. The molecule has 1 fully saturated rings. The maximum Gasteiger partial charge on any atom is 0.0917 e. The highest BCUT2D eigenvalue weighted by Crippen LogP contribution is 2.30. The van der Waals surface area contributed by atoms with Gasteiger partial charge in [-0.3, -0.25) is 9.80 Å². The predicted octanol–water partition coefficient (Wildman–Crippen LogP) is 4.14. The molecule has 4 N–H and O–H groups in total. The molecule has 5 nitrogen and oxygen atoms in total. The van der Waals surface area contributed by atoms with Gasteiger partial charge < -0.3 is 16.2 Å². The Balaban J connectivity index is 1.40. The zero-order valence-electron chi connectivity index (χ0n) is 18.8. The molecule has 0 saturated carbocycles. The molecule has 5 heteroatoms. The summed E-state index contributed by atoms with van der Waals surface area (Å²) in [5.74, 6) is 0. The minimum atomic E-state index is -0.543. The Morgan fingerprint density at radius 2 is 1.44 bits per heavy atom. The number of nitrogen functional groups attached to an aromatic ring is 1. The van der Waals surface area contributed by atoms with Crippen molar-refractivity contribution in [3.8, 4) is 0 Å². The van der Waals surface area contributed by atoms with Crippen LogP contribution in [-0.2, 0) is 0 Å². The van der Waals surface area contributed by atoms with Gasteiger partial charge in [-0.1, -0.05) is 66.7 Å². The van der Waals surface area contributed by atoms with Crippen LogP contribution in [0, 0.1) is 0 Å². The molecule has 0 spiro atoms. The molecule has 3 aromatic rings. The van der Waals surface area contributed by atoms with Gasteiger partial charge >= 0.3 is 0 Å². The first-order valence-electron chi connectivity index (χ1n) is 11.5. The number of rotatable bonds is 8. The minimum absolute atomic E-state index is 0.253. The Kier molecular flexibility index (Phi) is 7.43. The first kappa shape index (κ1) is 22.3. The number of benzene rings is 3. The number of aliphatic hydroxyl groups is 1. The predicted molar refractivity (Wildman–Crippen MR) is 133 cm³/mol. The van der Waals surface area contributed by atoms with Crippen LogP contribution in [0.25, 0.3) is 0 Å². The summed E-state index contributed by atoms with van der Waals surface area (Å²) in [7, 11) is 0. The van der Waals surface area contributed by atoms with Crippen LogP contribution >= 0.6 is 0 Å². The van der Waals surface area contributed by atoms with Crippen LogP contribution in [0.2, 0.25) is 0 Å². The normalized spacial score (nSPS) is 16.2. The molecular weight excluding hydrogens is 396 g/mol. The van der Waals surface area contributed by atoms with E-state index in [0.717, 1.165) is 44.0 Å². The van der Waals surface area contributed by atoms with E-state index in [4.69, 9.17) is 5.73 Å². The molecular formula is C27H34N4O. The summed E-state index contributed by atoms with van der Waals surface area (Å²) in [4.78, 5) is 4.90. The summed E-state index contributed by atoms with van der Waals surface area (Å²) in [6.07, 6.45) is -0.543. The molecule has 1 aliphatic rings. The molecule has 1 unspecified atom stereocenters. The molecule has 1 heterocycles. The number of piperazine rings is 1. The largest absolute Gasteiger partial charge is 0.397 e. The molecule has 32 heavy (non-hydrogen) atoms. The lowest BCUT2D eigenvalue weighted by Crippen LogP contribution is -2.48. The van der Waals surface area contributed by atoms with Gasteiger partial charge in [0.2, 0.25) is 0 Å². The van der Waals surface area contributed by atoms with Gasteiger partial charge in [0.15, 0.2) is 0 Å². The number of anilines is 2. The van der Waals surface area contributed by atoms with E-state index in [1.54, 1.807) is 0 Å². The second-order valence-corrected chi connectivity index (χ2v) is 8.45. The molecule has 3 aromatic carbocycles. The van der Waals surface area contributed by atoms with Crippen LogP contribution in [0.15, 0.2) is 78.9 Å². The third-order valence-corrected chi connectivity index (χ3v) is 6.26. The van der Waals surface area contributed by atoms with E-state index in [0.29, 0.717) is 12.2 Å². The van der Waals surface area contributed by atoms with Crippen molar-refractivity contribution in [3.63, 3.8) is 0 Å². The first-order valence-corrected chi connectivity index (χ1v) is 11.5. The molecule has 1 aliphatic heterocycles. The fourth-order valence-corrected chi connectivity index (χ4v) is 4.58. The summed E-state index contributed by atoms with van der Waals surface area (Å²) in [6, 6.07) is 27.5. The summed E-state index contributed by atoms with van der Waals surface area (Å²) in [6.45, 7) is 7.27. The van der Waals surface area contributed by atoms with Gasteiger partial charge in [0, 0.05) is 39.3 Å².